The number of hydrogen-bond donors (Lipinski definition) is 2. The summed E-state index contributed by atoms with van der Waals surface area (Å²) in [6, 6.07) is -1.45. The maximum absolute atomic E-state index is 14.0. The molecule has 9 nitrogen and oxygen atoms in total. The van der Waals surface area contributed by atoms with Crippen molar-refractivity contribution < 1.29 is 19.1 Å². The smallest absolute Gasteiger partial charge is 0.248 e. The number of aliphatic hydroxyl groups is 1. The Morgan fingerprint density at radius 1 is 1.32 bits per heavy atom. The number of alkyl halides is 1. The number of likely N-dealkylation sites (N-methyl/N-ethyl adjacent to an activating group) is 2. The van der Waals surface area contributed by atoms with Crippen molar-refractivity contribution in [3.63, 3.8) is 0 Å². The van der Waals surface area contributed by atoms with Gasteiger partial charge in [-0.2, -0.15) is 0 Å². The first-order valence-electron chi connectivity index (χ1n) is 10.9. The summed E-state index contributed by atoms with van der Waals surface area (Å²) in [7, 11) is 3.29. The maximum Gasteiger partial charge on any atom is 0.248 e. The highest BCUT2D eigenvalue weighted by molar-refractivity contribution is 5.90. The molecular formula is C21H35FN6O3. The molecule has 2 fully saturated rings. The summed E-state index contributed by atoms with van der Waals surface area (Å²) >= 11 is 0. The van der Waals surface area contributed by atoms with Gasteiger partial charge in [-0.3, -0.25) is 14.5 Å². The van der Waals surface area contributed by atoms with Gasteiger partial charge in [0.05, 0.1) is 11.8 Å². The fraction of sp³-hybridized carbons (Fsp3) is 0.810. The van der Waals surface area contributed by atoms with Gasteiger partial charge in [-0.25, -0.2) is 9.07 Å². The summed E-state index contributed by atoms with van der Waals surface area (Å²) in [4.78, 5) is 29.1. The van der Waals surface area contributed by atoms with Crippen molar-refractivity contribution in [3.8, 4) is 0 Å². The molecule has 6 atom stereocenters. The van der Waals surface area contributed by atoms with Crippen LogP contribution in [0.5, 0.6) is 0 Å². The number of nitrogens with zero attached hydrogens (tertiary/aromatic N) is 5. The number of halogens is 1. The number of β-amino-alcohol motifs (C(OH)–C–C–N with tert-alkyl or cyclic N) is 1. The molecule has 2 aliphatic heterocycles. The number of likely N-dealkylation sites (tertiary alicyclic amines) is 2. The van der Waals surface area contributed by atoms with Crippen molar-refractivity contribution >= 4 is 11.8 Å². The van der Waals surface area contributed by atoms with E-state index in [-0.39, 0.29) is 36.7 Å². The van der Waals surface area contributed by atoms with Crippen LogP contribution in [0.2, 0.25) is 0 Å². The van der Waals surface area contributed by atoms with E-state index in [1.54, 1.807) is 22.8 Å². The van der Waals surface area contributed by atoms with Gasteiger partial charge >= 0.3 is 0 Å². The third-order valence-electron chi connectivity index (χ3n) is 6.72. The van der Waals surface area contributed by atoms with E-state index in [1.807, 2.05) is 27.7 Å². The normalized spacial score (nSPS) is 31.0. The molecule has 0 radical (unpaired) electrons. The Hall–Kier alpha value is -2.07. The summed E-state index contributed by atoms with van der Waals surface area (Å²) < 4.78 is 15.6. The number of piperidine rings is 1. The first-order valence-corrected chi connectivity index (χ1v) is 10.9. The minimum atomic E-state index is -0.964. The Labute approximate surface area is 183 Å². The molecule has 0 bridgehead atoms. The Bertz CT molecular complexity index is 809. The highest BCUT2D eigenvalue weighted by Crippen LogP contribution is 2.37. The van der Waals surface area contributed by atoms with Crippen LogP contribution in [0.1, 0.15) is 64.6 Å². The number of hydrogen-bond acceptors (Lipinski definition) is 6. The largest absolute Gasteiger partial charge is 0.391 e. The SMILES string of the molecule is CNC(=O)[C@@H]1C[C@@H](O)CN1C(=O)[C@@H](n1cc(C2CCC(F)N(C)C2C)nn1)C(C)(C)C. The van der Waals surface area contributed by atoms with Crippen LogP contribution in [0.4, 0.5) is 4.39 Å². The number of rotatable bonds is 4. The number of nitrogens with one attached hydrogen (secondary N) is 1. The minimum Gasteiger partial charge on any atom is -0.391 e. The second-order valence-corrected chi connectivity index (χ2v) is 9.93. The van der Waals surface area contributed by atoms with Crippen LogP contribution in [-0.4, -0.2) is 86.8 Å². The molecule has 3 rings (SSSR count). The Balaban J connectivity index is 1.89. The molecule has 3 heterocycles. The number of aromatic nitrogens is 3. The standard InChI is InChI=1S/C21H35FN6O3/c1-12-14(7-8-17(22)26(12)6)15-11-28(25-24-15)18(21(2,3)4)20(31)27-10-13(29)9-16(27)19(30)23-5/h11-14,16-18,29H,7-10H2,1-6H3,(H,23,30)/t12?,13-,14?,16+,17?,18-/m1/s1. The van der Waals surface area contributed by atoms with Gasteiger partial charge in [0.15, 0.2) is 6.30 Å². The maximum atomic E-state index is 14.0. The highest BCUT2D eigenvalue weighted by Gasteiger charge is 2.45. The Morgan fingerprint density at radius 2 is 2.00 bits per heavy atom. The number of aliphatic hydroxyl groups excluding tert-OH is 1. The summed E-state index contributed by atoms with van der Waals surface area (Å²) in [5.74, 6) is -0.544. The van der Waals surface area contributed by atoms with Gasteiger partial charge in [-0.05, 0) is 32.2 Å². The third kappa shape index (κ3) is 4.59. The third-order valence-corrected chi connectivity index (χ3v) is 6.72. The van der Waals surface area contributed by atoms with Crippen LogP contribution < -0.4 is 5.32 Å². The van der Waals surface area contributed by atoms with Crippen LogP contribution in [0.25, 0.3) is 0 Å². The van der Waals surface area contributed by atoms with Crippen molar-refractivity contribution in [2.45, 2.75) is 83.4 Å². The number of amides is 2. The predicted molar refractivity (Wildman–Crippen MR) is 113 cm³/mol. The molecule has 1 aromatic heterocycles. The average molecular weight is 439 g/mol. The van der Waals surface area contributed by atoms with Gasteiger partial charge in [-0.1, -0.05) is 26.0 Å². The lowest BCUT2D eigenvalue weighted by atomic mass is 9.85. The van der Waals surface area contributed by atoms with Gasteiger partial charge in [-0.15, -0.1) is 5.10 Å². The van der Waals surface area contributed by atoms with Crippen molar-refractivity contribution in [1.29, 1.82) is 0 Å². The zero-order valence-electron chi connectivity index (χ0n) is 19.2. The Kier molecular flexibility index (Phi) is 6.71. The van der Waals surface area contributed by atoms with Crippen LogP contribution in [0, 0.1) is 5.41 Å². The second kappa shape index (κ2) is 8.82. The van der Waals surface area contributed by atoms with E-state index in [4.69, 9.17) is 0 Å². The van der Waals surface area contributed by atoms with Crippen molar-refractivity contribution in [2.75, 3.05) is 20.6 Å². The zero-order chi connectivity index (χ0) is 23.1. The predicted octanol–water partition coefficient (Wildman–Crippen LogP) is 1.07. The molecule has 0 spiro atoms. The van der Waals surface area contributed by atoms with Crippen molar-refractivity contribution in [1.82, 2.24) is 30.1 Å². The molecule has 2 saturated heterocycles. The molecule has 174 valence electrons. The monoisotopic (exact) mass is 438 g/mol. The van der Waals surface area contributed by atoms with E-state index in [2.05, 4.69) is 15.6 Å². The fourth-order valence-corrected chi connectivity index (χ4v) is 4.79. The molecule has 0 saturated carbocycles. The lowest BCUT2D eigenvalue weighted by molar-refractivity contribution is -0.144. The highest BCUT2D eigenvalue weighted by atomic mass is 19.1. The fourth-order valence-electron chi connectivity index (χ4n) is 4.79. The van der Waals surface area contributed by atoms with Gasteiger partial charge in [0.25, 0.3) is 0 Å². The first kappa shape index (κ1) is 23.6. The van der Waals surface area contributed by atoms with E-state index in [0.717, 1.165) is 5.69 Å². The van der Waals surface area contributed by atoms with Crippen LogP contribution in [0.15, 0.2) is 6.20 Å². The lowest BCUT2D eigenvalue weighted by Crippen LogP contribution is -2.49. The average Bonchev–Trinajstić information content (AvgIpc) is 3.31. The molecule has 31 heavy (non-hydrogen) atoms. The summed E-state index contributed by atoms with van der Waals surface area (Å²) in [5, 5.41) is 21.3. The summed E-state index contributed by atoms with van der Waals surface area (Å²) in [6.07, 6.45) is 1.37. The molecule has 2 N–H and O–H groups in total. The van der Waals surface area contributed by atoms with E-state index in [9.17, 15) is 19.1 Å². The quantitative estimate of drug-likeness (QED) is 0.682. The van der Waals surface area contributed by atoms with E-state index < -0.39 is 29.9 Å². The van der Waals surface area contributed by atoms with E-state index in [0.29, 0.717) is 12.8 Å². The minimum absolute atomic E-state index is 0.0219. The molecule has 3 unspecified atom stereocenters. The van der Waals surface area contributed by atoms with Gasteiger partial charge < -0.3 is 15.3 Å². The summed E-state index contributed by atoms with van der Waals surface area (Å²) in [5.41, 5.74) is 0.222. The molecule has 10 heteroatoms. The zero-order valence-corrected chi connectivity index (χ0v) is 19.2. The summed E-state index contributed by atoms with van der Waals surface area (Å²) in [6.45, 7) is 7.88. The Morgan fingerprint density at radius 3 is 2.61 bits per heavy atom. The van der Waals surface area contributed by atoms with Gasteiger partial charge in [0.1, 0.15) is 12.1 Å². The van der Waals surface area contributed by atoms with Gasteiger partial charge in [0.2, 0.25) is 11.8 Å². The van der Waals surface area contributed by atoms with Crippen molar-refractivity contribution in [3.05, 3.63) is 11.9 Å². The molecule has 0 aliphatic carbocycles. The first-order chi connectivity index (χ1) is 14.5. The lowest BCUT2D eigenvalue weighted by Gasteiger charge is -2.38. The van der Waals surface area contributed by atoms with Crippen molar-refractivity contribution in [2.24, 2.45) is 5.41 Å². The van der Waals surface area contributed by atoms with E-state index in [1.165, 1.54) is 11.9 Å². The van der Waals surface area contributed by atoms with Crippen LogP contribution in [0.3, 0.4) is 0 Å². The number of carbonyl (C=O) groups excluding carboxylic acids is 2. The molecule has 1 aromatic rings. The number of carbonyl (C=O) groups is 2. The van der Waals surface area contributed by atoms with E-state index >= 15 is 0 Å². The molecular weight excluding hydrogens is 403 g/mol. The molecule has 0 aromatic carbocycles. The van der Waals surface area contributed by atoms with Crippen LogP contribution >= 0.6 is 0 Å². The van der Waals surface area contributed by atoms with Crippen LogP contribution in [-0.2, 0) is 9.59 Å². The molecule has 2 aliphatic rings. The topological polar surface area (TPSA) is 104 Å². The second-order valence-electron chi connectivity index (χ2n) is 9.93. The molecule has 2 amide bonds. The van der Waals surface area contributed by atoms with Gasteiger partial charge in [0, 0.05) is 38.2 Å².